The number of hydrogen-bond acceptors (Lipinski definition) is 5. The zero-order valence-electron chi connectivity index (χ0n) is 17.6. The van der Waals surface area contributed by atoms with Crippen LogP contribution in [0.25, 0.3) is 0 Å². The van der Waals surface area contributed by atoms with Crippen LogP contribution in [-0.4, -0.2) is 45.5 Å². The average molecular weight is 400 g/mol. The van der Waals surface area contributed by atoms with Crippen LogP contribution in [0, 0.1) is 29.6 Å². The molecule has 1 saturated carbocycles. The molecule has 5 heteroatoms. The van der Waals surface area contributed by atoms with E-state index in [1.54, 1.807) is 0 Å². The molecule has 29 heavy (non-hydrogen) atoms. The van der Waals surface area contributed by atoms with Crippen molar-refractivity contribution in [1.82, 2.24) is 5.32 Å². The van der Waals surface area contributed by atoms with Gasteiger partial charge in [-0.15, -0.1) is 0 Å². The number of ether oxygens (including phenoxy) is 3. The largest absolute Gasteiger partial charge is 0.490 e. The molecule has 1 aromatic rings. The molecule has 158 valence electrons. The Balaban J connectivity index is 1.38. The van der Waals surface area contributed by atoms with Gasteiger partial charge in [0.2, 0.25) is 0 Å². The summed E-state index contributed by atoms with van der Waals surface area (Å²) in [5, 5.41) is 3.57. The second-order valence-corrected chi connectivity index (χ2v) is 9.53. The zero-order chi connectivity index (χ0) is 20.0. The molecule has 3 fully saturated rings. The van der Waals surface area contributed by atoms with E-state index in [1.807, 2.05) is 6.92 Å². The first kappa shape index (κ1) is 19.4. The van der Waals surface area contributed by atoms with Crippen LogP contribution in [0.4, 0.5) is 0 Å². The highest BCUT2D eigenvalue weighted by molar-refractivity contribution is 5.73. The summed E-state index contributed by atoms with van der Waals surface area (Å²) in [6.07, 6.45) is 4.84. The highest BCUT2D eigenvalue weighted by atomic mass is 16.5. The standard InChI is InChI=1S/C24H33NO4/c1-14(24(26)27-2)22(16-4-5-16)17-6-3-15-7-8-20(29-21(15)9-17)23-18-10-25-11-19(23)13-28-12-18/h3,6,9,14,16,18-20,22-23,25H,4-5,7-8,10-13H2,1-2H3/t14?,18-,19+,20?,22?,23?. The van der Waals surface area contributed by atoms with Gasteiger partial charge < -0.3 is 19.5 Å². The number of nitrogens with one attached hydrogen (secondary N) is 1. The number of carbonyl (C=O) groups excluding carboxylic acids is 1. The molecule has 3 aliphatic heterocycles. The van der Waals surface area contributed by atoms with E-state index in [0.717, 1.165) is 44.9 Å². The van der Waals surface area contributed by atoms with Crippen molar-refractivity contribution in [1.29, 1.82) is 0 Å². The number of rotatable bonds is 5. The minimum atomic E-state index is -0.120. The predicted octanol–water partition coefficient (Wildman–Crippen LogP) is 3.16. The average Bonchev–Trinajstić information content (AvgIpc) is 3.57. The molecule has 0 amide bonds. The third-order valence-corrected chi connectivity index (χ3v) is 7.69. The number of methoxy groups -OCH3 is 1. The number of piperidine rings is 1. The van der Waals surface area contributed by atoms with Crippen molar-refractivity contribution in [2.24, 2.45) is 29.6 Å². The maximum Gasteiger partial charge on any atom is 0.309 e. The molecule has 0 aromatic heterocycles. The van der Waals surface area contributed by atoms with E-state index in [-0.39, 0.29) is 23.9 Å². The first-order chi connectivity index (χ1) is 14.2. The Hall–Kier alpha value is -1.59. The normalized spacial score (nSPS) is 33.2. The zero-order valence-corrected chi connectivity index (χ0v) is 17.6. The minimum Gasteiger partial charge on any atom is -0.490 e. The molecule has 0 radical (unpaired) electrons. The number of benzene rings is 1. The molecule has 3 heterocycles. The number of fused-ring (bicyclic) bond motifs is 3. The summed E-state index contributed by atoms with van der Waals surface area (Å²) in [7, 11) is 1.49. The first-order valence-electron chi connectivity index (χ1n) is 11.3. The molecule has 1 N–H and O–H groups in total. The van der Waals surface area contributed by atoms with Crippen molar-refractivity contribution < 1.29 is 19.0 Å². The molecule has 2 bridgehead atoms. The Bertz CT molecular complexity index is 739. The predicted molar refractivity (Wildman–Crippen MR) is 110 cm³/mol. The van der Waals surface area contributed by atoms with Gasteiger partial charge in [-0.2, -0.15) is 0 Å². The van der Waals surface area contributed by atoms with Crippen LogP contribution in [0.5, 0.6) is 5.75 Å². The molecular formula is C24H33NO4. The summed E-state index contributed by atoms with van der Waals surface area (Å²) in [6, 6.07) is 6.68. The van der Waals surface area contributed by atoms with Gasteiger partial charge in [-0.25, -0.2) is 0 Å². The summed E-state index contributed by atoms with van der Waals surface area (Å²) < 4.78 is 17.6. The van der Waals surface area contributed by atoms with Gasteiger partial charge in [-0.05, 0) is 54.7 Å². The van der Waals surface area contributed by atoms with E-state index in [2.05, 4.69) is 23.5 Å². The fourth-order valence-electron chi connectivity index (χ4n) is 6.07. The van der Waals surface area contributed by atoms with Gasteiger partial charge in [-0.3, -0.25) is 4.79 Å². The van der Waals surface area contributed by atoms with Crippen molar-refractivity contribution in [3.8, 4) is 5.75 Å². The maximum absolute atomic E-state index is 12.2. The Morgan fingerprint density at radius 3 is 2.62 bits per heavy atom. The quantitative estimate of drug-likeness (QED) is 0.771. The Morgan fingerprint density at radius 2 is 1.93 bits per heavy atom. The van der Waals surface area contributed by atoms with Gasteiger partial charge in [0, 0.05) is 30.8 Å². The van der Waals surface area contributed by atoms with Gasteiger partial charge in [0.15, 0.2) is 0 Å². The maximum atomic E-state index is 12.2. The van der Waals surface area contributed by atoms with Gasteiger partial charge in [0.1, 0.15) is 11.9 Å². The van der Waals surface area contributed by atoms with E-state index in [1.165, 1.54) is 31.1 Å². The van der Waals surface area contributed by atoms with Crippen molar-refractivity contribution in [2.45, 2.75) is 44.6 Å². The van der Waals surface area contributed by atoms with E-state index in [4.69, 9.17) is 14.2 Å². The molecule has 5 nitrogen and oxygen atoms in total. The van der Waals surface area contributed by atoms with Gasteiger partial charge in [0.25, 0.3) is 0 Å². The number of carbonyl (C=O) groups is 1. The van der Waals surface area contributed by atoms with Gasteiger partial charge in [0.05, 0.1) is 26.2 Å². The summed E-state index contributed by atoms with van der Waals surface area (Å²) >= 11 is 0. The Labute approximate surface area is 173 Å². The van der Waals surface area contributed by atoms with Crippen LogP contribution in [-0.2, 0) is 20.7 Å². The second kappa shape index (κ2) is 7.92. The Kier molecular flexibility index (Phi) is 5.29. The third kappa shape index (κ3) is 3.68. The van der Waals surface area contributed by atoms with Crippen molar-refractivity contribution in [2.75, 3.05) is 33.4 Å². The number of hydrogen-bond donors (Lipinski definition) is 1. The lowest BCUT2D eigenvalue weighted by atomic mass is 9.72. The third-order valence-electron chi connectivity index (χ3n) is 7.69. The molecule has 1 aliphatic carbocycles. The van der Waals surface area contributed by atoms with Crippen molar-refractivity contribution >= 4 is 5.97 Å². The number of aryl methyl sites for hydroxylation is 1. The lowest BCUT2D eigenvalue weighted by molar-refractivity contribution is -0.145. The van der Waals surface area contributed by atoms with E-state index in [9.17, 15) is 4.79 Å². The highest BCUT2D eigenvalue weighted by Gasteiger charge is 2.44. The molecule has 4 unspecified atom stereocenters. The van der Waals surface area contributed by atoms with E-state index >= 15 is 0 Å². The van der Waals surface area contributed by atoms with Gasteiger partial charge in [-0.1, -0.05) is 19.1 Å². The van der Waals surface area contributed by atoms with Crippen LogP contribution in [0.1, 0.15) is 43.2 Å². The summed E-state index contributed by atoms with van der Waals surface area (Å²) in [5.74, 6) is 3.30. The molecular weight excluding hydrogens is 366 g/mol. The second-order valence-electron chi connectivity index (χ2n) is 9.53. The molecule has 2 saturated heterocycles. The van der Waals surface area contributed by atoms with Crippen molar-refractivity contribution in [3.05, 3.63) is 29.3 Å². The fraction of sp³-hybridized carbons (Fsp3) is 0.708. The molecule has 1 aromatic carbocycles. The van der Waals surface area contributed by atoms with Gasteiger partial charge >= 0.3 is 5.97 Å². The van der Waals surface area contributed by atoms with E-state index in [0.29, 0.717) is 23.7 Å². The van der Waals surface area contributed by atoms with Crippen LogP contribution in [0.15, 0.2) is 18.2 Å². The fourth-order valence-corrected chi connectivity index (χ4v) is 6.07. The smallest absolute Gasteiger partial charge is 0.309 e. The molecule has 5 rings (SSSR count). The van der Waals surface area contributed by atoms with E-state index < -0.39 is 0 Å². The first-order valence-corrected chi connectivity index (χ1v) is 11.3. The van der Waals surface area contributed by atoms with Crippen LogP contribution >= 0.6 is 0 Å². The Morgan fingerprint density at radius 1 is 1.17 bits per heavy atom. The number of esters is 1. The molecule has 4 aliphatic rings. The lowest BCUT2D eigenvalue weighted by Crippen LogP contribution is -2.56. The minimum absolute atomic E-state index is 0.110. The highest BCUT2D eigenvalue weighted by Crippen LogP contribution is 2.48. The monoisotopic (exact) mass is 399 g/mol. The van der Waals surface area contributed by atoms with Crippen LogP contribution in [0.2, 0.25) is 0 Å². The molecule has 6 atom stereocenters. The van der Waals surface area contributed by atoms with Crippen LogP contribution in [0.3, 0.4) is 0 Å². The lowest BCUT2D eigenvalue weighted by Gasteiger charge is -2.47. The topological polar surface area (TPSA) is 56.8 Å². The van der Waals surface area contributed by atoms with Crippen molar-refractivity contribution in [3.63, 3.8) is 0 Å². The summed E-state index contributed by atoms with van der Waals surface area (Å²) in [5.41, 5.74) is 2.54. The summed E-state index contributed by atoms with van der Waals surface area (Å²) in [4.78, 5) is 12.2. The van der Waals surface area contributed by atoms with Crippen LogP contribution < -0.4 is 10.1 Å². The molecule has 0 spiro atoms. The summed E-state index contributed by atoms with van der Waals surface area (Å²) in [6.45, 7) is 5.78. The SMILES string of the molecule is COC(=O)C(C)C(c1ccc2c(c1)OC(C1[C@@H]3CNC[C@H]1COC3)CC2)C1CC1.